The van der Waals surface area contributed by atoms with Crippen molar-refractivity contribution in [1.29, 1.82) is 0 Å². The zero-order chi connectivity index (χ0) is 15.4. The van der Waals surface area contributed by atoms with E-state index in [9.17, 15) is 9.90 Å². The van der Waals surface area contributed by atoms with Gasteiger partial charge in [-0.1, -0.05) is 0 Å². The summed E-state index contributed by atoms with van der Waals surface area (Å²) >= 11 is 0. The molecule has 0 fully saturated rings. The molecule has 1 unspecified atom stereocenters. The van der Waals surface area contributed by atoms with Crippen LogP contribution in [0.15, 0.2) is 28.8 Å². The predicted molar refractivity (Wildman–Crippen MR) is 83.5 cm³/mol. The van der Waals surface area contributed by atoms with E-state index >= 15 is 0 Å². The molecule has 1 aliphatic rings. The third-order valence-electron chi connectivity index (χ3n) is 3.58. The van der Waals surface area contributed by atoms with E-state index in [-0.39, 0.29) is 18.0 Å². The molecule has 120 valence electrons. The molecule has 2 rings (SSSR count). The van der Waals surface area contributed by atoms with Crippen LogP contribution in [0.25, 0.3) is 5.57 Å². The second-order valence-electron chi connectivity index (χ2n) is 5.51. The monoisotopic (exact) mass is 323 g/mol. The fourth-order valence-electron chi connectivity index (χ4n) is 2.53. The van der Waals surface area contributed by atoms with Crippen LogP contribution in [0.2, 0.25) is 0 Å². The number of H-pyrrole nitrogens is 1. The molecular formula is C16H22ClN3O2. The summed E-state index contributed by atoms with van der Waals surface area (Å²) in [6.07, 6.45) is 7.13. The molecule has 0 bridgehead atoms. The molecule has 0 aliphatic carbocycles. The minimum atomic E-state index is -0.873. The number of nitrogens with one attached hydrogen (secondary N) is 2. The van der Waals surface area contributed by atoms with Crippen molar-refractivity contribution >= 4 is 5.57 Å². The lowest BCUT2D eigenvalue weighted by Crippen LogP contribution is -3.00. The van der Waals surface area contributed by atoms with Gasteiger partial charge < -0.3 is 32.7 Å². The maximum Gasteiger partial charge on any atom is 0.276 e. The van der Waals surface area contributed by atoms with Gasteiger partial charge in [0.25, 0.3) is 5.56 Å². The number of hydrogen-bond acceptors (Lipinski definition) is 4. The maximum absolute atomic E-state index is 12.3. The molecule has 5 nitrogen and oxygen atoms in total. The Morgan fingerprint density at radius 2 is 2.14 bits per heavy atom. The van der Waals surface area contributed by atoms with Crippen LogP contribution >= 0.6 is 0 Å². The minimum absolute atomic E-state index is 0. The summed E-state index contributed by atoms with van der Waals surface area (Å²) in [5.74, 6) is 0. The summed E-state index contributed by atoms with van der Waals surface area (Å²) in [4.78, 5) is 17.1. The molecule has 1 aromatic rings. The molecule has 1 aromatic heterocycles. The van der Waals surface area contributed by atoms with Crippen LogP contribution in [0.5, 0.6) is 0 Å². The molecule has 0 saturated carbocycles. The zero-order valence-corrected chi connectivity index (χ0v) is 13.9. The van der Waals surface area contributed by atoms with Crippen molar-refractivity contribution in [3.63, 3.8) is 0 Å². The molecule has 0 amide bonds. The second kappa shape index (κ2) is 8.11. The second-order valence-corrected chi connectivity index (χ2v) is 5.51. The Morgan fingerprint density at radius 1 is 1.41 bits per heavy atom. The van der Waals surface area contributed by atoms with Gasteiger partial charge in [0.2, 0.25) is 6.23 Å². The van der Waals surface area contributed by atoms with Crippen LogP contribution < -0.4 is 23.3 Å². The van der Waals surface area contributed by atoms with Crippen LogP contribution in [0.3, 0.4) is 0 Å². The zero-order valence-electron chi connectivity index (χ0n) is 13.1. The van der Waals surface area contributed by atoms with Gasteiger partial charge in [-0.15, -0.1) is 0 Å². The molecule has 1 aliphatic heterocycles. The summed E-state index contributed by atoms with van der Waals surface area (Å²) < 4.78 is 0. The normalized spacial score (nSPS) is 17.0. The number of aromatic nitrogens is 1. The Morgan fingerprint density at radius 3 is 2.77 bits per heavy atom. The van der Waals surface area contributed by atoms with E-state index < -0.39 is 6.23 Å². The highest BCUT2D eigenvalue weighted by Crippen LogP contribution is 2.25. The van der Waals surface area contributed by atoms with Gasteiger partial charge in [-0.2, -0.15) is 0 Å². The third-order valence-corrected chi connectivity index (χ3v) is 3.58. The molecule has 2 heterocycles. The molecule has 0 spiro atoms. The highest BCUT2D eigenvalue weighted by atomic mass is 35.5. The quantitative estimate of drug-likeness (QED) is 0.542. The van der Waals surface area contributed by atoms with Crippen LogP contribution in [0.4, 0.5) is 0 Å². The minimum Gasteiger partial charge on any atom is -1.00 e. The highest BCUT2D eigenvalue weighted by molar-refractivity contribution is 5.74. The van der Waals surface area contributed by atoms with Gasteiger partial charge in [0.1, 0.15) is 17.8 Å². The number of aliphatic hydroxyl groups is 1. The Labute approximate surface area is 137 Å². The van der Waals surface area contributed by atoms with E-state index in [4.69, 9.17) is 0 Å². The first-order valence-electron chi connectivity index (χ1n) is 7.09. The van der Waals surface area contributed by atoms with Gasteiger partial charge in [0.05, 0.1) is 0 Å². The average molecular weight is 324 g/mol. The molecule has 6 heteroatoms. The number of pyridine rings is 1. The van der Waals surface area contributed by atoms with E-state index in [1.807, 2.05) is 27.1 Å². The summed E-state index contributed by atoms with van der Waals surface area (Å²) in [7, 11) is 4.06. The number of dihydropyridines is 1. The van der Waals surface area contributed by atoms with Gasteiger partial charge in [-0.3, -0.25) is 4.79 Å². The summed E-state index contributed by atoms with van der Waals surface area (Å²) in [6, 6.07) is 1.91. The molecular weight excluding hydrogens is 302 g/mol. The lowest BCUT2D eigenvalue weighted by Gasteiger charge is -2.15. The first-order valence-corrected chi connectivity index (χ1v) is 7.09. The smallest absolute Gasteiger partial charge is 0.276 e. The number of halogens is 1. The Bertz CT molecular complexity index is 620. The molecule has 22 heavy (non-hydrogen) atoms. The number of rotatable bonds is 5. The predicted octanol–water partition coefficient (Wildman–Crippen LogP) is -2.11. The van der Waals surface area contributed by atoms with Crippen LogP contribution in [-0.2, 0) is 6.42 Å². The van der Waals surface area contributed by atoms with Gasteiger partial charge in [-0.05, 0) is 45.1 Å². The van der Waals surface area contributed by atoms with E-state index in [0.29, 0.717) is 11.1 Å². The van der Waals surface area contributed by atoms with Crippen molar-refractivity contribution in [2.75, 3.05) is 20.6 Å². The summed E-state index contributed by atoms with van der Waals surface area (Å²) in [5.41, 5.74) is 2.75. The summed E-state index contributed by atoms with van der Waals surface area (Å²) in [6.45, 7) is 2.81. The van der Waals surface area contributed by atoms with E-state index in [1.54, 1.807) is 12.4 Å². The first kappa shape index (κ1) is 18.4. The standard InChI is InChI=1S/C16H21N3O2.ClH/c1-11-6-8-17-15(20)13(11)14-12(5-4-10-19(2)3)7-9-18-16(14)21;/h7-9,15,17,20H,4-5,10H2,1-3H3;1H. The van der Waals surface area contributed by atoms with Crippen LogP contribution in [0, 0.1) is 6.08 Å². The fraction of sp³-hybridized carbons (Fsp3) is 0.438. The number of aliphatic hydroxyl groups excluding tert-OH is 1. The maximum atomic E-state index is 12.3. The Hall–Kier alpha value is -1.65. The topological polar surface area (TPSA) is 68.4 Å². The molecule has 0 saturated heterocycles. The Balaban J connectivity index is 0.00000242. The number of nitrogens with zero attached hydrogens (tertiary/aromatic N) is 1. The van der Waals surface area contributed by atoms with E-state index in [0.717, 1.165) is 30.5 Å². The Kier molecular flexibility index (Phi) is 6.78. The van der Waals surface area contributed by atoms with Crippen LogP contribution in [0.1, 0.15) is 24.5 Å². The van der Waals surface area contributed by atoms with E-state index in [2.05, 4.69) is 21.3 Å². The van der Waals surface area contributed by atoms with Gasteiger partial charge in [0.15, 0.2) is 11.1 Å². The number of aryl methyl sites for hydroxylation is 1. The van der Waals surface area contributed by atoms with Gasteiger partial charge in [0, 0.05) is 13.1 Å². The lowest BCUT2D eigenvalue weighted by molar-refractivity contribution is -0.00000640. The largest absolute Gasteiger partial charge is 1.00 e. The van der Waals surface area contributed by atoms with Crippen LogP contribution in [-0.4, -0.2) is 41.9 Å². The van der Waals surface area contributed by atoms with Crippen molar-refractivity contribution in [3.05, 3.63) is 51.6 Å². The van der Waals surface area contributed by atoms with Gasteiger partial charge >= 0.3 is 0 Å². The number of hydrogen-bond donors (Lipinski definition) is 3. The van der Waals surface area contributed by atoms with Crippen molar-refractivity contribution < 1.29 is 17.5 Å². The van der Waals surface area contributed by atoms with Crippen molar-refractivity contribution in [1.82, 2.24) is 15.2 Å². The van der Waals surface area contributed by atoms with Crippen molar-refractivity contribution in [2.24, 2.45) is 0 Å². The lowest BCUT2D eigenvalue weighted by atomic mass is 9.92. The van der Waals surface area contributed by atoms with Crippen molar-refractivity contribution in [3.8, 4) is 0 Å². The van der Waals surface area contributed by atoms with E-state index in [1.165, 1.54) is 0 Å². The first-order chi connectivity index (χ1) is 10.0. The third kappa shape index (κ3) is 4.18. The molecule has 0 aromatic carbocycles. The van der Waals surface area contributed by atoms with Gasteiger partial charge in [-0.25, -0.2) is 0 Å². The molecule has 0 radical (unpaired) electrons. The number of allylic oxidation sites excluding steroid dienone is 2. The highest BCUT2D eigenvalue weighted by Gasteiger charge is 2.31. The SMILES string of the molecule is CC1=C(c2c(CCCN(C)C)cc[nH]c2=O)C(O)NC=[C+]1.[Cl-]. The molecule has 3 N–H and O–H groups in total. The number of aromatic amines is 1. The molecule has 1 atom stereocenters. The average Bonchev–Trinajstić information content (AvgIpc) is 2.40. The fourth-order valence-corrected chi connectivity index (χ4v) is 2.53. The van der Waals surface area contributed by atoms with Crippen molar-refractivity contribution in [2.45, 2.75) is 26.0 Å². The summed E-state index contributed by atoms with van der Waals surface area (Å²) in [5, 5.41) is 12.9.